The summed E-state index contributed by atoms with van der Waals surface area (Å²) in [6, 6.07) is 7.84. The van der Waals surface area contributed by atoms with Crippen LogP contribution in [-0.2, 0) is 9.59 Å². The van der Waals surface area contributed by atoms with E-state index in [-0.39, 0.29) is 30.3 Å². The normalized spacial score (nSPS) is 21.3. The second-order valence-corrected chi connectivity index (χ2v) is 7.38. The van der Waals surface area contributed by atoms with Gasteiger partial charge in [-0.25, -0.2) is 0 Å². The summed E-state index contributed by atoms with van der Waals surface area (Å²) < 4.78 is 5.45. The molecule has 2 aliphatic heterocycles. The molecule has 2 amide bonds. The van der Waals surface area contributed by atoms with Gasteiger partial charge in [0.2, 0.25) is 11.8 Å². The number of nitrogens with one attached hydrogen (secondary N) is 1. The smallest absolute Gasteiger partial charge is 0.237 e. The highest BCUT2D eigenvalue weighted by Gasteiger charge is 2.34. The molecule has 0 unspecified atom stereocenters. The first-order valence-electron chi connectivity index (χ1n) is 9.70. The molecule has 0 spiro atoms. The van der Waals surface area contributed by atoms with Crippen LogP contribution in [0.4, 0.5) is 5.69 Å². The quantitative estimate of drug-likeness (QED) is 0.831. The van der Waals surface area contributed by atoms with E-state index in [1.807, 2.05) is 29.2 Å². The number of para-hydroxylation sites is 2. The second-order valence-electron chi connectivity index (χ2n) is 7.38. The minimum absolute atomic E-state index is 0.0315. The molecule has 1 N–H and O–H groups in total. The van der Waals surface area contributed by atoms with Crippen molar-refractivity contribution in [2.24, 2.45) is 0 Å². The van der Waals surface area contributed by atoms with Gasteiger partial charge in [-0.1, -0.05) is 12.1 Å². The summed E-state index contributed by atoms with van der Waals surface area (Å²) in [5.41, 5.74) is 1.06. The predicted octanol–water partition coefficient (Wildman–Crippen LogP) is 0.943. The molecule has 3 rings (SSSR count). The summed E-state index contributed by atoms with van der Waals surface area (Å²) in [5, 5.41) is 2.89. The van der Waals surface area contributed by atoms with Gasteiger partial charge in [-0.05, 0) is 26.0 Å². The summed E-state index contributed by atoms with van der Waals surface area (Å²) in [7, 11) is 1.67. The molecule has 1 aromatic carbocycles. The monoisotopic (exact) mass is 374 g/mol. The van der Waals surface area contributed by atoms with E-state index >= 15 is 0 Å². The Morgan fingerprint density at radius 1 is 1.19 bits per heavy atom. The van der Waals surface area contributed by atoms with Crippen molar-refractivity contribution in [1.29, 1.82) is 0 Å². The number of benzene rings is 1. The van der Waals surface area contributed by atoms with E-state index in [2.05, 4.69) is 29.0 Å². The summed E-state index contributed by atoms with van der Waals surface area (Å²) in [6.07, 6.45) is 0.249. The van der Waals surface area contributed by atoms with Crippen LogP contribution in [-0.4, -0.2) is 80.1 Å². The highest BCUT2D eigenvalue weighted by molar-refractivity contribution is 5.89. The topological polar surface area (TPSA) is 65.1 Å². The fourth-order valence-corrected chi connectivity index (χ4v) is 3.94. The molecule has 1 aromatic rings. The Bertz CT molecular complexity index is 671. The summed E-state index contributed by atoms with van der Waals surface area (Å²) in [6.45, 7) is 8.43. The maximum Gasteiger partial charge on any atom is 0.237 e. The lowest BCUT2D eigenvalue weighted by atomic mass is 10.1. The lowest BCUT2D eigenvalue weighted by Gasteiger charge is -2.40. The van der Waals surface area contributed by atoms with Crippen molar-refractivity contribution in [3.63, 3.8) is 0 Å². The Balaban J connectivity index is 1.59. The lowest BCUT2D eigenvalue weighted by molar-refractivity contribution is -0.139. The van der Waals surface area contributed by atoms with Crippen molar-refractivity contribution < 1.29 is 14.3 Å². The van der Waals surface area contributed by atoms with Crippen molar-refractivity contribution in [3.05, 3.63) is 24.3 Å². The van der Waals surface area contributed by atoms with Crippen molar-refractivity contribution in [2.45, 2.75) is 32.4 Å². The predicted molar refractivity (Wildman–Crippen MR) is 105 cm³/mol. The van der Waals surface area contributed by atoms with Gasteiger partial charge >= 0.3 is 0 Å². The van der Waals surface area contributed by atoms with E-state index in [9.17, 15) is 9.59 Å². The summed E-state index contributed by atoms with van der Waals surface area (Å²) in [5.74, 6) is 0.877. The van der Waals surface area contributed by atoms with Crippen LogP contribution >= 0.6 is 0 Å². The fraction of sp³-hybridized carbons (Fsp3) is 0.600. The molecule has 2 heterocycles. The number of carbonyl (C=O) groups excluding carboxylic acids is 2. The number of piperazine rings is 2. The molecule has 2 fully saturated rings. The molecule has 0 radical (unpaired) electrons. The number of amides is 2. The zero-order valence-electron chi connectivity index (χ0n) is 16.5. The van der Waals surface area contributed by atoms with E-state index in [1.165, 1.54) is 0 Å². The average molecular weight is 374 g/mol. The summed E-state index contributed by atoms with van der Waals surface area (Å²) in [4.78, 5) is 31.4. The largest absolute Gasteiger partial charge is 0.495 e. The molecular weight excluding hydrogens is 344 g/mol. The van der Waals surface area contributed by atoms with E-state index in [4.69, 9.17) is 4.74 Å². The van der Waals surface area contributed by atoms with Gasteiger partial charge < -0.3 is 19.9 Å². The van der Waals surface area contributed by atoms with E-state index < -0.39 is 0 Å². The van der Waals surface area contributed by atoms with Crippen molar-refractivity contribution in [2.75, 3.05) is 51.3 Å². The molecule has 0 bridgehead atoms. The first kappa shape index (κ1) is 19.5. The average Bonchev–Trinajstić information content (AvgIpc) is 2.69. The molecule has 1 atom stereocenters. The zero-order valence-corrected chi connectivity index (χ0v) is 16.5. The van der Waals surface area contributed by atoms with Crippen LogP contribution in [0.3, 0.4) is 0 Å². The minimum atomic E-state index is -0.363. The molecule has 2 aliphatic rings. The Morgan fingerprint density at radius 2 is 1.89 bits per heavy atom. The van der Waals surface area contributed by atoms with Crippen molar-refractivity contribution >= 4 is 17.5 Å². The first-order valence-corrected chi connectivity index (χ1v) is 9.70. The van der Waals surface area contributed by atoms with Crippen molar-refractivity contribution in [1.82, 2.24) is 15.1 Å². The number of hydrogen-bond acceptors (Lipinski definition) is 5. The molecular formula is C20H30N4O3. The van der Waals surface area contributed by atoms with Gasteiger partial charge in [0.05, 0.1) is 25.3 Å². The summed E-state index contributed by atoms with van der Waals surface area (Å²) >= 11 is 0. The number of hydrogen-bond donors (Lipinski definition) is 1. The van der Waals surface area contributed by atoms with Crippen molar-refractivity contribution in [3.8, 4) is 5.75 Å². The molecule has 0 aromatic heterocycles. The van der Waals surface area contributed by atoms with Crippen LogP contribution in [0, 0.1) is 0 Å². The van der Waals surface area contributed by atoms with E-state index in [0.29, 0.717) is 19.6 Å². The first-order chi connectivity index (χ1) is 13.0. The van der Waals surface area contributed by atoms with E-state index in [0.717, 1.165) is 31.1 Å². The van der Waals surface area contributed by atoms with Crippen LogP contribution in [0.1, 0.15) is 20.3 Å². The number of carbonyl (C=O) groups is 2. The lowest BCUT2D eigenvalue weighted by Crippen LogP contribution is -2.59. The SMILES string of the molecule is COc1ccccc1N1CCN(C(=O)C[C@H]2C(=O)NCCN2C(C)C)CC1. The van der Waals surface area contributed by atoms with Gasteiger partial charge in [0.25, 0.3) is 0 Å². The number of anilines is 1. The van der Waals surface area contributed by atoms with Gasteiger partial charge in [0.1, 0.15) is 5.75 Å². The third-order valence-electron chi connectivity index (χ3n) is 5.46. The Morgan fingerprint density at radius 3 is 2.56 bits per heavy atom. The standard InChI is InChI=1S/C20H30N4O3/c1-15(2)24-9-8-21-20(26)17(24)14-19(25)23-12-10-22(11-13-23)16-6-4-5-7-18(16)27-3/h4-7,15,17H,8-14H2,1-3H3,(H,21,26)/t17-/m0/s1. The van der Waals surface area contributed by atoms with Gasteiger partial charge in [-0.15, -0.1) is 0 Å². The highest BCUT2D eigenvalue weighted by atomic mass is 16.5. The third-order valence-corrected chi connectivity index (χ3v) is 5.46. The zero-order chi connectivity index (χ0) is 19.4. The van der Waals surface area contributed by atoms with Gasteiger partial charge in [-0.3, -0.25) is 14.5 Å². The Labute approximate surface area is 161 Å². The molecule has 148 valence electrons. The molecule has 7 nitrogen and oxygen atoms in total. The molecule has 0 aliphatic carbocycles. The number of nitrogens with zero attached hydrogens (tertiary/aromatic N) is 3. The van der Waals surface area contributed by atoms with Gasteiger partial charge in [0, 0.05) is 45.3 Å². The van der Waals surface area contributed by atoms with Gasteiger partial charge in [-0.2, -0.15) is 0 Å². The number of rotatable bonds is 5. The van der Waals surface area contributed by atoms with Crippen LogP contribution in [0.2, 0.25) is 0 Å². The second kappa shape index (κ2) is 8.61. The van der Waals surface area contributed by atoms with Crippen LogP contribution < -0.4 is 15.0 Å². The fourth-order valence-electron chi connectivity index (χ4n) is 3.94. The Kier molecular flexibility index (Phi) is 6.21. The maximum absolute atomic E-state index is 12.8. The molecule has 2 saturated heterocycles. The number of methoxy groups -OCH3 is 1. The van der Waals surface area contributed by atoms with E-state index in [1.54, 1.807) is 7.11 Å². The molecule has 0 saturated carbocycles. The highest BCUT2D eigenvalue weighted by Crippen LogP contribution is 2.28. The maximum atomic E-state index is 12.8. The van der Waals surface area contributed by atoms with Crippen LogP contribution in [0.15, 0.2) is 24.3 Å². The third kappa shape index (κ3) is 4.35. The molecule has 7 heteroatoms. The van der Waals surface area contributed by atoms with Crippen LogP contribution in [0.5, 0.6) is 5.75 Å². The molecule has 27 heavy (non-hydrogen) atoms. The van der Waals surface area contributed by atoms with Gasteiger partial charge in [0.15, 0.2) is 0 Å². The minimum Gasteiger partial charge on any atom is -0.495 e. The van der Waals surface area contributed by atoms with Crippen LogP contribution in [0.25, 0.3) is 0 Å². The number of ether oxygens (including phenoxy) is 1. The Hall–Kier alpha value is -2.28.